The van der Waals surface area contributed by atoms with Crippen molar-refractivity contribution in [3.63, 3.8) is 0 Å². The Bertz CT molecular complexity index is 593. The van der Waals surface area contributed by atoms with Gasteiger partial charge in [0.1, 0.15) is 5.75 Å². The number of pyridine rings is 1. The van der Waals surface area contributed by atoms with E-state index in [1.807, 2.05) is 30.6 Å². The number of allylic oxidation sites excluding steroid dienone is 1. The van der Waals surface area contributed by atoms with Crippen LogP contribution in [0.4, 0.5) is 0 Å². The summed E-state index contributed by atoms with van der Waals surface area (Å²) in [5, 5.41) is 0. The maximum absolute atomic E-state index is 5.30. The predicted octanol–water partition coefficient (Wildman–Crippen LogP) is 4.00. The van der Waals surface area contributed by atoms with Crippen molar-refractivity contribution in [1.29, 1.82) is 0 Å². The van der Waals surface area contributed by atoms with Gasteiger partial charge in [0.2, 0.25) is 0 Å². The van der Waals surface area contributed by atoms with E-state index in [2.05, 4.69) is 23.2 Å². The molecule has 98 valence electrons. The molecular weight excluding hydrogens is 258 g/mol. The Hall–Kier alpha value is -1.80. The molecule has 0 radical (unpaired) electrons. The van der Waals surface area contributed by atoms with Crippen molar-refractivity contribution >= 4 is 24.1 Å². The second kappa shape index (κ2) is 5.89. The molecule has 0 bridgehead atoms. The number of methoxy groups -OCH3 is 1. The molecule has 2 aromatic rings. The highest BCUT2D eigenvalue weighted by Gasteiger charge is 2.16. The zero-order valence-corrected chi connectivity index (χ0v) is 11.6. The lowest BCUT2D eigenvalue weighted by molar-refractivity contribution is 0.414. The van der Waals surface area contributed by atoms with Gasteiger partial charge in [-0.25, -0.2) is 0 Å². The summed E-state index contributed by atoms with van der Waals surface area (Å²) >= 11 is 0. The molecule has 19 heavy (non-hydrogen) atoms. The van der Waals surface area contributed by atoms with E-state index in [1.54, 1.807) is 7.11 Å². The molecule has 3 rings (SSSR count). The number of fused-ring (bicyclic) bond motifs is 1. The number of halogens is 1. The van der Waals surface area contributed by atoms with Crippen LogP contribution < -0.4 is 4.74 Å². The average molecular weight is 274 g/mol. The minimum atomic E-state index is 0. The summed E-state index contributed by atoms with van der Waals surface area (Å²) in [6.45, 7) is 0. The second-order valence-corrected chi connectivity index (χ2v) is 4.47. The normalized spacial score (nSPS) is 14.9. The summed E-state index contributed by atoms with van der Waals surface area (Å²) in [5.41, 5.74) is 5.33. The molecule has 0 spiro atoms. The van der Waals surface area contributed by atoms with Gasteiger partial charge in [-0.1, -0.05) is 12.1 Å². The molecule has 3 heteroatoms. The SMILES string of the molecule is COc1ccc2c(c1)/C(=C\c1ccncc1)CC2.Cl. The number of rotatable bonds is 2. The highest BCUT2D eigenvalue weighted by Crippen LogP contribution is 2.35. The minimum Gasteiger partial charge on any atom is -0.497 e. The van der Waals surface area contributed by atoms with Gasteiger partial charge in [-0.2, -0.15) is 0 Å². The Morgan fingerprint density at radius 2 is 1.89 bits per heavy atom. The fraction of sp³-hybridized carbons (Fsp3) is 0.188. The zero-order chi connectivity index (χ0) is 12.4. The molecule has 1 aromatic carbocycles. The Labute approximate surface area is 119 Å². The third-order valence-corrected chi connectivity index (χ3v) is 3.37. The first-order valence-electron chi connectivity index (χ1n) is 6.15. The Kier molecular flexibility index (Phi) is 4.23. The average Bonchev–Trinajstić information content (AvgIpc) is 2.82. The Morgan fingerprint density at radius 1 is 1.11 bits per heavy atom. The molecule has 0 fully saturated rings. The van der Waals surface area contributed by atoms with E-state index in [9.17, 15) is 0 Å². The van der Waals surface area contributed by atoms with Crippen LogP contribution in [0.5, 0.6) is 5.75 Å². The van der Waals surface area contributed by atoms with Crippen LogP contribution in [-0.2, 0) is 6.42 Å². The van der Waals surface area contributed by atoms with Gasteiger partial charge in [-0.3, -0.25) is 4.98 Å². The van der Waals surface area contributed by atoms with Crippen molar-refractivity contribution in [1.82, 2.24) is 4.98 Å². The van der Waals surface area contributed by atoms with Crippen LogP contribution in [0.2, 0.25) is 0 Å². The van der Waals surface area contributed by atoms with Crippen molar-refractivity contribution in [2.24, 2.45) is 0 Å². The van der Waals surface area contributed by atoms with Crippen LogP contribution in [-0.4, -0.2) is 12.1 Å². The summed E-state index contributed by atoms with van der Waals surface area (Å²) < 4.78 is 5.30. The number of aryl methyl sites for hydroxylation is 1. The first kappa shape index (κ1) is 13.6. The molecule has 0 unspecified atom stereocenters. The number of hydrogen-bond donors (Lipinski definition) is 0. The van der Waals surface area contributed by atoms with Gasteiger partial charge >= 0.3 is 0 Å². The van der Waals surface area contributed by atoms with Gasteiger partial charge < -0.3 is 4.74 Å². The summed E-state index contributed by atoms with van der Waals surface area (Å²) in [6, 6.07) is 10.4. The molecular formula is C16H16ClNO. The maximum atomic E-state index is 5.30. The van der Waals surface area contributed by atoms with Crippen LogP contribution in [0, 0.1) is 0 Å². The number of nitrogens with zero attached hydrogens (tertiary/aromatic N) is 1. The fourth-order valence-corrected chi connectivity index (χ4v) is 2.41. The summed E-state index contributed by atoms with van der Waals surface area (Å²) in [7, 11) is 1.71. The quantitative estimate of drug-likeness (QED) is 0.825. The Morgan fingerprint density at radius 3 is 2.63 bits per heavy atom. The molecule has 0 N–H and O–H groups in total. The van der Waals surface area contributed by atoms with Crippen LogP contribution in [0.1, 0.15) is 23.1 Å². The first-order valence-corrected chi connectivity index (χ1v) is 6.15. The standard InChI is InChI=1S/C16H15NO.ClH/c1-18-15-5-4-13-2-3-14(16(13)11-15)10-12-6-8-17-9-7-12;/h4-11H,2-3H2,1H3;1H/b14-10-;. The zero-order valence-electron chi connectivity index (χ0n) is 10.8. The Balaban J connectivity index is 0.00000133. The summed E-state index contributed by atoms with van der Waals surface area (Å²) in [4.78, 5) is 4.04. The third-order valence-electron chi connectivity index (χ3n) is 3.37. The number of benzene rings is 1. The van der Waals surface area contributed by atoms with Crippen LogP contribution in [0.15, 0.2) is 42.7 Å². The molecule has 1 aliphatic carbocycles. The third kappa shape index (κ3) is 2.79. The van der Waals surface area contributed by atoms with Crippen molar-refractivity contribution in [2.45, 2.75) is 12.8 Å². The molecule has 0 amide bonds. The second-order valence-electron chi connectivity index (χ2n) is 4.47. The highest BCUT2D eigenvalue weighted by atomic mass is 35.5. The van der Waals surface area contributed by atoms with E-state index in [0.717, 1.165) is 18.6 Å². The largest absolute Gasteiger partial charge is 0.497 e. The topological polar surface area (TPSA) is 22.1 Å². The lowest BCUT2D eigenvalue weighted by Gasteiger charge is -2.05. The predicted molar refractivity (Wildman–Crippen MR) is 80.7 cm³/mol. The van der Waals surface area contributed by atoms with Crippen molar-refractivity contribution in [3.8, 4) is 5.75 Å². The first-order chi connectivity index (χ1) is 8.86. The smallest absolute Gasteiger partial charge is 0.119 e. The summed E-state index contributed by atoms with van der Waals surface area (Å²) in [6.07, 6.45) is 8.12. The van der Waals surface area contributed by atoms with Gasteiger partial charge in [0.25, 0.3) is 0 Å². The fourth-order valence-electron chi connectivity index (χ4n) is 2.41. The van der Waals surface area contributed by atoms with E-state index in [-0.39, 0.29) is 12.4 Å². The van der Waals surface area contributed by atoms with Crippen molar-refractivity contribution in [3.05, 3.63) is 59.4 Å². The van der Waals surface area contributed by atoms with Gasteiger partial charge in [0.15, 0.2) is 0 Å². The lowest BCUT2D eigenvalue weighted by atomic mass is 10.0. The van der Waals surface area contributed by atoms with Gasteiger partial charge in [-0.05, 0) is 59.4 Å². The van der Waals surface area contributed by atoms with Crippen LogP contribution in [0.3, 0.4) is 0 Å². The van der Waals surface area contributed by atoms with Gasteiger partial charge in [0, 0.05) is 12.4 Å². The van der Waals surface area contributed by atoms with Crippen LogP contribution >= 0.6 is 12.4 Å². The monoisotopic (exact) mass is 273 g/mol. The minimum absolute atomic E-state index is 0. The molecule has 1 heterocycles. The summed E-state index contributed by atoms with van der Waals surface area (Å²) in [5.74, 6) is 0.927. The number of aromatic nitrogens is 1. The van der Waals surface area contributed by atoms with Gasteiger partial charge in [0.05, 0.1) is 7.11 Å². The molecule has 0 saturated heterocycles. The van der Waals surface area contributed by atoms with E-state index in [1.165, 1.54) is 22.3 Å². The highest BCUT2D eigenvalue weighted by molar-refractivity contribution is 5.86. The van der Waals surface area contributed by atoms with Crippen molar-refractivity contribution < 1.29 is 4.74 Å². The van der Waals surface area contributed by atoms with Crippen LogP contribution in [0.25, 0.3) is 11.6 Å². The van der Waals surface area contributed by atoms with E-state index in [4.69, 9.17) is 4.74 Å². The lowest BCUT2D eigenvalue weighted by Crippen LogP contribution is -1.86. The van der Waals surface area contributed by atoms with E-state index >= 15 is 0 Å². The van der Waals surface area contributed by atoms with Crippen molar-refractivity contribution in [2.75, 3.05) is 7.11 Å². The number of ether oxygens (including phenoxy) is 1. The molecule has 0 aliphatic heterocycles. The van der Waals surface area contributed by atoms with E-state index < -0.39 is 0 Å². The number of hydrogen-bond acceptors (Lipinski definition) is 2. The molecule has 1 aromatic heterocycles. The molecule has 1 aliphatic rings. The van der Waals surface area contributed by atoms with Gasteiger partial charge in [-0.15, -0.1) is 12.4 Å². The maximum Gasteiger partial charge on any atom is 0.119 e. The van der Waals surface area contributed by atoms with E-state index in [0.29, 0.717) is 0 Å². The molecule has 2 nitrogen and oxygen atoms in total. The molecule has 0 atom stereocenters. The molecule has 0 saturated carbocycles.